The minimum absolute atomic E-state index is 0.108. The Bertz CT molecular complexity index is 155. The van der Waals surface area contributed by atoms with Gasteiger partial charge in [0, 0.05) is 5.03 Å². The Morgan fingerprint density at radius 2 is 2.36 bits per heavy atom. The summed E-state index contributed by atoms with van der Waals surface area (Å²) < 4.78 is 0. The first-order valence-electron chi connectivity index (χ1n) is 2.95. The van der Waals surface area contributed by atoms with Gasteiger partial charge in [0.15, 0.2) is 0 Å². The highest BCUT2D eigenvalue weighted by Crippen LogP contribution is 1.95. The van der Waals surface area contributed by atoms with Crippen LogP contribution in [0.1, 0.15) is 6.92 Å². The molecule has 0 bridgehead atoms. The number of halogens is 2. The maximum absolute atomic E-state index is 10.4. The monoisotopic (exact) mass is 197 g/mol. The van der Waals surface area contributed by atoms with Crippen molar-refractivity contribution in [3.8, 4) is 0 Å². The highest BCUT2D eigenvalue weighted by Gasteiger charge is 1.94. The van der Waals surface area contributed by atoms with Crippen molar-refractivity contribution in [3.05, 3.63) is 11.1 Å². The molecule has 0 aliphatic rings. The highest BCUT2D eigenvalue weighted by molar-refractivity contribution is 6.29. The summed E-state index contributed by atoms with van der Waals surface area (Å²) in [5, 5.41) is 0.616. The molecule has 11 heavy (non-hydrogen) atoms. The number of rotatable bonds is 4. The first-order chi connectivity index (χ1) is 5.16. The number of amides is 1. The molecule has 0 fully saturated rings. The van der Waals surface area contributed by atoms with Crippen molar-refractivity contribution >= 4 is 29.1 Å². The molecule has 0 saturated carbocycles. The van der Waals surface area contributed by atoms with Gasteiger partial charge in [-0.1, -0.05) is 11.6 Å². The zero-order valence-corrected chi connectivity index (χ0v) is 7.58. The summed E-state index contributed by atoms with van der Waals surface area (Å²) in [4.78, 5) is 15.1. The molecule has 0 aromatic heterocycles. The minimum atomic E-state index is -0.368. The quantitative estimate of drug-likeness (QED) is 0.421. The van der Waals surface area contributed by atoms with Gasteiger partial charge < -0.3 is 0 Å². The molecule has 0 aromatic rings. The second-order valence-electron chi connectivity index (χ2n) is 1.76. The molecule has 64 valence electrons. The third-order valence-electron chi connectivity index (χ3n) is 0.755. The van der Waals surface area contributed by atoms with E-state index >= 15 is 0 Å². The summed E-state index contributed by atoms with van der Waals surface area (Å²) in [7, 11) is 0. The standard InChI is InChI=1S/C6H9Cl2NO2/c1-5(8)2-3-11-9-6(10)4-7/h2H,3-4H2,1H3,(H,9,10). The number of carbonyl (C=O) groups excluding carboxylic acids is 1. The number of alkyl halides is 1. The van der Waals surface area contributed by atoms with Crippen LogP contribution in [0, 0.1) is 0 Å². The average molecular weight is 198 g/mol. The number of hydroxylamine groups is 1. The fourth-order valence-electron chi connectivity index (χ4n) is 0.306. The van der Waals surface area contributed by atoms with Crippen molar-refractivity contribution in [2.75, 3.05) is 12.5 Å². The number of hydrogen-bond acceptors (Lipinski definition) is 2. The Kier molecular flexibility index (Phi) is 6.31. The SMILES string of the molecule is CC(Cl)=CCONC(=O)CCl. The molecule has 3 nitrogen and oxygen atoms in total. The van der Waals surface area contributed by atoms with Gasteiger partial charge in [-0.05, 0) is 13.0 Å². The van der Waals surface area contributed by atoms with Crippen molar-refractivity contribution in [2.24, 2.45) is 0 Å². The molecule has 1 N–H and O–H groups in total. The smallest absolute Gasteiger partial charge is 0.258 e. The van der Waals surface area contributed by atoms with Crippen LogP contribution in [-0.4, -0.2) is 18.4 Å². The molecule has 5 heteroatoms. The second-order valence-corrected chi connectivity index (χ2v) is 2.62. The summed E-state index contributed by atoms with van der Waals surface area (Å²) in [5.74, 6) is -0.476. The number of carbonyl (C=O) groups is 1. The fraction of sp³-hybridized carbons (Fsp3) is 0.500. The van der Waals surface area contributed by atoms with Crippen LogP contribution < -0.4 is 5.48 Å². The van der Waals surface area contributed by atoms with Gasteiger partial charge in [-0.3, -0.25) is 9.63 Å². The van der Waals surface area contributed by atoms with Crippen LogP contribution in [0.3, 0.4) is 0 Å². The van der Waals surface area contributed by atoms with Gasteiger partial charge in [-0.15, -0.1) is 11.6 Å². The van der Waals surface area contributed by atoms with E-state index in [2.05, 4.69) is 10.3 Å². The number of hydrogen-bond donors (Lipinski definition) is 1. The van der Waals surface area contributed by atoms with Crippen LogP contribution in [0.4, 0.5) is 0 Å². The molecule has 0 aliphatic heterocycles. The number of nitrogens with one attached hydrogen (secondary N) is 1. The molecule has 0 unspecified atom stereocenters. The van der Waals surface area contributed by atoms with E-state index in [1.165, 1.54) is 0 Å². The minimum Gasteiger partial charge on any atom is -0.271 e. The second kappa shape index (κ2) is 6.46. The largest absolute Gasteiger partial charge is 0.271 e. The van der Waals surface area contributed by atoms with E-state index in [1.54, 1.807) is 13.0 Å². The average Bonchev–Trinajstić information content (AvgIpc) is 1.97. The van der Waals surface area contributed by atoms with Crippen LogP contribution in [0.2, 0.25) is 0 Å². The number of allylic oxidation sites excluding steroid dienone is 1. The van der Waals surface area contributed by atoms with Crippen molar-refractivity contribution < 1.29 is 9.63 Å². The van der Waals surface area contributed by atoms with E-state index in [4.69, 9.17) is 23.2 Å². The summed E-state index contributed by atoms with van der Waals surface area (Å²) in [6.07, 6.45) is 1.62. The molecule has 0 radical (unpaired) electrons. The van der Waals surface area contributed by atoms with E-state index in [1.807, 2.05) is 0 Å². The van der Waals surface area contributed by atoms with E-state index in [9.17, 15) is 4.79 Å². The molecule has 1 amide bonds. The van der Waals surface area contributed by atoms with Crippen LogP contribution in [0.25, 0.3) is 0 Å². The van der Waals surface area contributed by atoms with Gasteiger partial charge in [0.05, 0.1) is 6.61 Å². The predicted octanol–water partition coefficient (Wildman–Crippen LogP) is 1.42. The van der Waals surface area contributed by atoms with Gasteiger partial charge >= 0.3 is 0 Å². The zero-order chi connectivity index (χ0) is 8.69. The summed E-state index contributed by atoms with van der Waals surface area (Å²) in [5.41, 5.74) is 2.11. The lowest BCUT2D eigenvalue weighted by Crippen LogP contribution is -2.24. The zero-order valence-electron chi connectivity index (χ0n) is 6.06. The Balaban J connectivity index is 3.28. The summed E-state index contributed by atoms with van der Waals surface area (Å²) in [6.45, 7) is 1.96. The predicted molar refractivity (Wildman–Crippen MR) is 44.4 cm³/mol. The van der Waals surface area contributed by atoms with Crippen molar-refractivity contribution in [2.45, 2.75) is 6.92 Å². The van der Waals surface area contributed by atoms with Crippen LogP contribution in [-0.2, 0) is 9.63 Å². The van der Waals surface area contributed by atoms with Gasteiger partial charge in [-0.2, -0.15) is 0 Å². The molecule has 0 spiro atoms. The van der Waals surface area contributed by atoms with Gasteiger partial charge in [0.1, 0.15) is 5.88 Å². The highest BCUT2D eigenvalue weighted by atomic mass is 35.5. The molecule has 0 heterocycles. The summed E-state index contributed by atoms with van der Waals surface area (Å²) >= 11 is 10.6. The maximum Gasteiger partial charge on any atom is 0.258 e. The Morgan fingerprint density at radius 3 is 2.82 bits per heavy atom. The molecule has 0 aliphatic carbocycles. The van der Waals surface area contributed by atoms with E-state index < -0.39 is 0 Å². The van der Waals surface area contributed by atoms with E-state index in [0.29, 0.717) is 5.03 Å². The van der Waals surface area contributed by atoms with Crippen LogP contribution >= 0.6 is 23.2 Å². The lowest BCUT2D eigenvalue weighted by Gasteiger charge is -1.99. The molecule has 0 rings (SSSR count). The van der Waals surface area contributed by atoms with E-state index in [0.717, 1.165) is 0 Å². The Labute approximate surface area is 75.3 Å². The Hall–Kier alpha value is -0.250. The normalized spacial score (nSPS) is 11.4. The lowest BCUT2D eigenvalue weighted by molar-refractivity contribution is -0.129. The topological polar surface area (TPSA) is 38.3 Å². The molecule has 0 atom stereocenters. The van der Waals surface area contributed by atoms with Crippen molar-refractivity contribution in [3.63, 3.8) is 0 Å². The van der Waals surface area contributed by atoms with Crippen LogP contribution in [0.5, 0.6) is 0 Å². The molecular weight excluding hydrogens is 189 g/mol. The summed E-state index contributed by atoms with van der Waals surface area (Å²) in [6, 6.07) is 0. The third kappa shape index (κ3) is 7.65. The molecule has 0 aromatic carbocycles. The first kappa shape index (κ1) is 10.8. The molecular formula is C6H9Cl2NO2. The van der Waals surface area contributed by atoms with Crippen LogP contribution in [0.15, 0.2) is 11.1 Å². The lowest BCUT2D eigenvalue weighted by atomic mass is 10.5. The fourth-order valence-corrected chi connectivity index (χ4v) is 0.423. The van der Waals surface area contributed by atoms with Gasteiger partial charge in [-0.25, -0.2) is 5.48 Å². The Morgan fingerprint density at radius 1 is 1.73 bits per heavy atom. The maximum atomic E-state index is 10.4. The van der Waals surface area contributed by atoms with Gasteiger partial charge in [0.2, 0.25) is 0 Å². The van der Waals surface area contributed by atoms with Crippen molar-refractivity contribution in [1.82, 2.24) is 5.48 Å². The first-order valence-corrected chi connectivity index (χ1v) is 3.87. The third-order valence-corrected chi connectivity index (χ3v) is 1.15. The van der Waals surface area contributed by atoms with Crippen molar-refractivity contribution in [1.29, 1.82) is 0 Å². The van der Waals surface area contributed by atoms with Gasteiger partial charge in [0.25, 0.3) is 5.91 Å². The van der Waals surface area contributed by atoms with E-state index in [-0.39, 0.29) is 18.4 Å². The molecule has 0 saturated heterocycles.